The van der Waals surface area contributed by atoms with E-state index >= 15 is 0 Å². The van der Waals surface area contributed by atoms with Crippen LogP contribution in [0.1, 0.15) is 17.3 Å². The lowest BCUT2D eigenvalue weighted by molar-refractivity contribution is 0.0600. The minimum absolute atomic E-state index is 0.101. The van der Waals surface area contributed by atoms with Gasteiger partial charge in [-0.1, -0.05) is 0 Å². The van der Waals surface area contributed by atoms with E-state index in [2.05, 4.69) is 9.64 Å². The van der Waals surface area contributed by atoms with Crippen LogP contribution in [0.25, 0.3) is 0 Å². The molecule has 0 bridgehead atoms. The Morgan fingerprint density at radius 2 is 1.90 bits per heavy atom. The van der Waals surface area contributed by atoms with E-state index in [1.54, 1.807) is 12.1 Å². The highest BCUT2D eigenvalue weighted by molar-refractivity contribution is 5.89. The fourth-order valence-corrected chi connectivity index (χ4v) is 2.42. The molecule has 1 unspecified atom stereocenters. The zero-order chi connectivity index (χ0) is 14.7. The summed E-state index contributed by atoms with van der Waals surface area (Å²) in [5.41, 5.74) is 1.49. The zero-order valence-electron chi connectivity index (χ0n) is 11.6. The summed E-state index contributed by atoms with van der Waals surface area (Å²) in [7, 11) is 1.35. The van der Waals surface area contributed by atoms with Crippen LogP contribution >= 0.6 is 0 Å². The molecule has 1 saturated heterocycles. The molecule has 1 amide bonds. The molecule has 6 nitrogen and oxygen atoms in total. The van der Waals surface area contributed by atoms with E-state index in [-0.39, 0.29) is 12.0 Å². The Bertz CT molecular complexity index is 500. The molecule has 6 heteroatoms. The number of carbonyl (C=O) groups excluding carboxylic acids is 1. The molecule has 0 aliphatic carbocycles. The first kappa shape index (κ1) is 14.2. The number of rotatable bonds is 2. The average molecular weight is 278 g/mol. The highest BCUT2D eigenvalue weighted by Crippen LogP contribution is 2.21. The molecule has 0 spiro atoms. The molecule has 1 aliphatic rings. The predicted octanol–water partition coefficient (Wildman–Crippen LogP) is 1.66. The third-order valence-electron chi connectivity index (χ3n) is 3.52. The van der Waals surface area contributed by atoms with E-state index in [4.69, 9.17) is 5.11 Å². The number of amides is 1. The number of hydrogen-bond acceptors (Lipinski definition) is 4. The maximum absolute atomic E-state index is 11.4. The molecule has 20 heavy (non-hydrogen) atoms. The van der Waals surface area contributed by atoms with Gasteiger partial charge in [0.2, 0.25) is 0 Å². The van der Waals surface area contributed by atoms with Crippen LogP contribution in [0.3, 0.4) is 0 Å². The molecule has 0 saturated carbocycles. The van der Waals surface area contributed by atoms with Crippen molar-refractivity contribution in [2.24, 2.45) is 0 Å². The van der Waals surface area contributed by atoms with Gasteiger partial charge in [-0.2, -0.15) is 0 Å². The van der Waals surface area contributed by atoms with Gasteiger partial charge in [-0.05, 0) is 31.2 Å². The molecular formula is C14H18N2O4. The highest BCUT2D eigenvalue weighted by Gasteiger charge is 2.26. The number of benzene rings is 1. The Morgan fingerprint density at radius 3 is 2.40 bits per heavy atom. The van der Waals surface area contributed by atoms with Gasteiger partial charge in [0.25, 0.3) is 0 Å². The number of nitrogens with zero attached hydrogens (tertiary/aromatic N) is 2. The summed E-state index contributed by atoms with van der Waals surface area (Å²) in [6, 6.07) is 7.26. The van der Waals surface area contributed by atoms with Crippen molar-refractivity contribution in [3.05, 3.63) is 29.8 Å². The fraction of sp³-hybridized carbons (Fsp3) is 0.429. The van der Waals surface area contributed by atoms with E-state index in [9.17, 15) is 9.59 Å². The van der Waals surface area contributed by atoms with Crippen molar-refractivity contribution in [3.63, 3.8) is 0 Å². The third kappa shape index (κ3) is 2.84. The molecular weight excluding hydrogens is 260 g/mol. The van der Waals surface area contributed by atoms with Crippen LogP contribution in [-0.2, 0) is 4.74 Å². The van der Waals surface area contributed by atoms with Crippen molar-refractivity contribution in [3.8, 4) is 0 Å². The Hall–Kier alpha value is -2.24. The van der Waals surface area contributed by atoms with Crippen molar-refractivity contribution in [2.75, 3.05) is 31.6 Å². The second kappa shape index (κ2) is 5.81. The van der Waals surface area contributed by atoms with Crippen molar-refractivity contribution < 1.29 is 19.4 Å². The Kier molecular flexibility index (Phi) is 4.12. The van der Waals surface area contributed by atoms with Crippen LogP contribution in [-0.4, -0.2) is 54.9 Å². The molecule has 1 fully saturated rings. The monoisotopic (exact) mass is 278 g/mol. The minimum Gasteiger partial charge on any atom is -0.465 e. The van der Waals surface area contributed by atoms with E-state index in [1.165, 1.54) is 12.0 Å². The number of carboxylic acid groups (broad SMARTS) is 1. The summed E-state index contributed by atoms with van der Waals surface area (Å²) in [6.07, 6.45) is -0.877. The second-order valence-electron chi connectivity index (χ2n) is 4.81. The lowest BCUT2D eigenvalue weighted by Gasteiger charge is -2.40. The van der Waals surface area contributed by atoms with Crippen LogP contribution in [0.2, 0.25) is 0 Å². The van der Waals surface area contributed by atoms with Crippen molar-refractivity contribution in [1.82, 2.24) is 4.90 Å². The third-order valence-corrected chi connectivity index (χ3v) is 3.52. The quantitative estimate of drug-likeness (QED) is 0.833. The van der Waals surface area contributed by atoms with Gasteiger partial charge in [-0.3, -0.25) is 0 Å². The summed E-state index contributed by atoms with van der Waals surface area (Å²) >= 11 is 0. The Labute approximate surface area is 117 Å². The van der Waals surface area contributed by atoms with Crippen LogP contribution in [0, 0.1) is 0 Å². The number of methoxy groups -OCH3 is 1. The number of ether oxygens (including phenoxy) is 1. The maximum atomic E-state index is 11.4. The zero-order valence-corrected chi connectivity index (χ0v) is 11.6. The highest BCUT2D eigenvalue weighted by atomic mass is 16.5. The molecule has 1 atom stereocenters. The molecule has 0 radical (unpaired) electrons. The van der Waals surface area contributed by atoms with Gasteiger partial charge in [0.15, 0.2) is 0 Å². The predicted molar refractivity (Wildman–Crippen MR) is 74.2 cm³/mol. The molecule has 1 heterocycles. The number of carbonyl (C=O) groups is 2. The lowest BCUT2D eigenvalue weighted by Crippen LogP contribution is -2.53. The molecule has 1 aliphatic heterocycles. The topological polar surface area (TPSA) is 70.1 Å². The van der Waals surface area contributed by atoms with Crippen LogP contribution in [0.15, 0.2) is 24.3 Å². The largest absolute Gasteiger partial charge is 0.465 e. The minimum atomic E-state index is -0.877. The van der Waals surface area contributed by atoms with Gasteiger partial charge in [-0.15, -0.1) is 0 Å². The van der Waals surface area contributed by atoms with Crippen molar-refractivity contribution in [2.45, 2.75) is 13.0 Å². The van der Waals surface area contributed by atoms with Crippen LogP contribution < -0.4 is 4.90 Å². The number of esters is 1. The number of piperazine rings is 1. The van der Waals surface area contributed by atoms with Gasteiger partial charge < -0.3 is 19.6 Å². The molecule has 0 aromatic heterocycles. The number of hydrogen-bond donors (Lipinski definition) is 1. The second-order valence-corrected chi connectivity index (χ2v) is 4.81. The van der Waals surface area contributed by atoms with Crippen molar-refractivity contribution >= 4 is 17.7 Å². The van der Waals surface area contributed by atoms with E-state index < -0.39 is 6.09 Å². The molecule has 1 N–H and O–H groups in total. The molecule has 1 aromatic carbocycles. The van der Waals surface area contributed by atoms with Gasteiger partial charge in [0, 0.05) is 31.4 Å². The first-order valence-corrected chi connectivity index (χ1v) is 6.46. The van der Waals surface area contributed by atoms with E-state index in [0.29, 0.717) is 25.2 Å². The van der Waals surface area contributed by atoms with Crippen molar-refractivity contribution in [1.29, 1.82) is 0 Å². The van der Waals surface area contributed by atoms with Gasteiger partial charge >= 0.3 is 12.1 Å². The number of anilines is 1. The van der Waals surface area contributed by atoms with Gasteiger partial charge in [0.1, 0.15) is 0 Å². The average Bonchev–Trinajstić information content (AvgIpc) is 2.46. The summed E-state index contributed by atoms with van der Waals surface area (Å²) in [5, 5.41) is 8.99. The first-order valence-electron chi connectivity index (χ1n) is 6.46. The molecule has 1 aromatic rings. The first-order chi connectivity index (χ1) is 9.52. The van der Waals surface area contributed by atoms with Gasteiger partial charge in [-0.25, -0.2) is 9.59 Å². The smallest absolute Gasteiger partial charge is 0.407 e. The fourth-order valence-electron chi connectivity index (χ4n) is 2.42. The van der Waals surface area contributed by atoms with E-state index in [0.717, 1.165) is 5.69 Å². The molecule has 2 rings (SSSR count). The SMILES string of the molecule is COC(=O)c1ccc(N2CCN(C(=O)O)CC2C)cc1. The normalized spacial score (nSPS) is 18.8. The lowest BCUT2D eigenvalue weighted by atomic mass is 10.1. The summed E-state index contributed by atoms with van der Waals surface area (Å²) < 4.78 is 4.66. The van der Waals surface area contributed by atoms with Crippen LogP contribution in [0.4, 0.5) is 10.5 Å². The van der Waals surface area contributed by atoms with Crippen LogP contribution in [0.5, 0.6) is 0 Å². The van der Waals surface area contributed by atoms with Gasteiger partial charge in [0.05, 0.1) is 12.7 Å². The summed E-state index contributed by atoms with van der Waals surface area (Å²) in [5.74, 6) is -0.361. The van der Waals surface area contributed by atoms with E-state index in [1.807, 2.05) is 19.1 Å². The maximum Gasteiger partial charge on any atom is 0.407 e. The Morgan fingerprint density at radius 1 is 1.25 bits per heavy atom. The Balaban J connectivity index is 2.09. The summed E-state index contributed by atoms with van der Waals surface area (Å²) in [4.78, 5) is 25.9. The standard InChI is InChI=1S/C14H18N2O4/c1-10-9-15(14(18)19)7-8-16(10)12-5-3-11(4-6-12)13(17)20-2/h3-6,10H,7-9H2,1-2H3,(H,18,19). The summed E-state index contributed by atoms with van der Waals surface area (Å²) in [6.45, 7) is 3.60. The molecule has 108 valence electrons.